The summed E-state index contributed by atoms with van der Waals surface area (Å²) in [4.78, 5) is 53.3. The molecule has 2 heterocycles. The lowest BCUT2D eigenvalue weighted by molar-refractivity contribution is -0.169. The van der Waals surface area contributed by atoms with Crippen molar-refractivity contribution in [1.82, 2.24) is 9.80 Å². The summed E-state index contributed by atoms with van der Waals surface area (Å²) in [7, 11) is 3.19. The number of halogens is 2. The van der Waals surface area contributed by atoms with Crippen molar-refractivity contribution in [1.29, 1.82) is 0 Å². The maximum Gasteiger partial charge on any atom is 0.261 e. The summed E-state index contributed by atoms with van der Waals surface area (Å²) in [6.07, 6.45) is 2.38. The lowest BCUT2D eigenvalue weighted by Crippen LogP contribution is -2.65. The van der Waals surface area contributed by atoms with Crippen LogP contribution in [0, 0.1) is 5.92 Å². The zero-order valence-corrected chi connectivity index (χ0v) is 30.9. The molecule has 0 radical (unpaired) electrons. The lowest BCUT2D eigenvalue weighted by atomic mass is 9.55. The Labute approximate surface area is 308 Å². The van der Waals surface area contributed by atoms with Gasteiger partial charge in [-0.15, -0.1) is 0 Å². The monoisotopic (exact) mass is 798 g/mol. The van der Waals surface area contributed by atoms with Crippen LogP contribution in [0.2, 0.25) is 0 Å². The van der Waals surface area contributed by atoms with E-state index in [1.54, 1.807) is 50.6 Å². The Morgan fingerprint density at radius 1 is 0.820 bits per heavy atom. The van der Waals surface area contributed by atoms with Gasteiger partial charge >= 0.3 is 0 Å². The Morgan fingerprint density at radius 2 is 1.32 bits per heavy atom. The number of piperidine rings is 2. The van der Waals surface area contributed by atoms with E-state index >= 15 is 0 Å². The van der Waals surface area contributed by atoms with Crippen molar-refractivity contribution in [2.45, 2.75) is 31.3 Å². The third-order valence-corrected chi connectivity index (χ3v) is 10.0. The molecular weight excluding hydrogens is 764 g/mol. The maximum atomic E-state index is 13.2. The van der Waals surface area contributed by atoms with Gasteiger partial charge in [-0.25, -0.2) is 0 Å². The highest BCUT2D eigenvalue weighted by Gasteiger charge is 2.61. The number of benzene rings is 4. The minimum atomic E-state index is -0.536. The SMILES string of the molecule is C=CC(=O)N(Cc1ccc(OC)cc1)C(=O)C(=C)c1ccc(Br)cc1.COc1ccc(CN2C(=O)C3CC(c4ccc(Br)cc4)(C3)C2=O)cc1. The highest BCUT2D eigenvalue weighted by molar-refractivity contribution is 9.10. The molecule has 3 aliphatic rings. The van der Waals surface area contributed by atoms with E-state index < -0.39 is 17.2 Å². The lowest BCUT2D eigenvalue weighted by Gasteiger charge is -2.53. The van der Waals surface area contributed by atoms with Gasteiger partial charge in [0.15, 0.2) is 0 Å². The van der Waals surface area contributed by atoms with E-state index in [0.29, 0.717) is 30.7 Å². The Bertz CT molecular complexity index is 1900. The number of amides is 4. The molecule has 0 aromatic heterocycles. The summed E-state index contributed by atoms with van der Waals surface area (Å²) in [5, 5.41) is 0. The van der Waals surface area contributed by atoms with Gasteiger partial charge in [-0.1, -0.05) is 93.5 Å². The molecular formula is C40H36Br2N2O6. The number of fused-ring (bicyclic) bond motifs is 2. The van der Waals surface area contributed by atoms with Gasteiger partial charge in [0.05, 0.1) is 32.7 Å². The number of carbonyl (C=O) groups excluding carboxylic acids is 4. The largest absolute Gasteiger partial charge is 0.497 e. The quantitative estimate of drug-likeness (QED) is 0.120. The summed E-state index contributed by atoms with van der Waals surface area (Å²) >= 11 is 6.78. The second-order valence-electron chi connectivity index (χ2n) is 12.0. The van der Waals surface area contributed by atoms with Crippen molar-refractivity contribution in [3.05, 3.63) is 147 Å². The van der Waals surface area contributed by atoms with Crippen molar-refractivity contribution in [2.75, 3.05) is 14.2 Å². The smallest absolute Gasteiger partial charge is 0.261 e. The van der Waals surface area contributed by atoms with Crippen LogP contribution >= 0.6 is 31.9 Å². The molecule has 2 aliphatic heterocycles. The Morgan fingerprint density at radius 3 is 1.82 bits per heavy atom. The van der Waals surface area contributed by atoms with Crippen LogP contribution in [0.5, 0.6) is 11.5 Å². The Hall–Kier alpha value is -4.80. The van der Waals surface area contributed by atoms with Crippen molar-refractivity contribution in [2.24, 2.45) is 5.92 Å². The van der Waals surface area contributed by atoms with Gasteiger partial charge in [0.25, 0.3) is 11.8 Å². The maximum absolute atomic E-state index is 13.2. The minimum absolute atomic E-state index is 0.0418. The summed E-state index contributed by atoms with van der Waals surface area (Å²) in [5.74, 6) is 0.379. The zero-order valence-electron chi connectivity index (χ0n) is 27.7. The van der Waals surface area contributed by atoms with Crippen LogP contribution in [0.25, 0.3) is 5.57 Å². The van der Waals surface area contributed by atoms with Crippen LogP contribution < -0.4 is 9.47 Å². The van der Waals surface area contributed by atoms with Gasteiger partial charge < -0.3 is 9.47 Å². The first-order chi connectivity index (χ1) is 24.0. The topological polar surface area (TPSA) is 93.2 Å². The fraction of sp³-hybridized carbons (Fsp3) is 0.200. The summed E-state index contributed by atoms with van der Waals surface area (Å²) in [6.45, 7) is 7.77. The number of hydrogen-bond acceptors (Lipinski definition) is 6. The van der Waals surface area contributed by atoms with E-state index in [1.165, 1.54) is 4.90 Å². The van der Waals surface area contributed by atoms with Crippen LogP contribution in [0.1, 0.15) is 35.1 Å². The molecule has 0 atom stereocenters. The average molecular weight is 801 g/mol. The molecule has 2 saturated heterocycles. The van der Waals surface area contributed by atoms with Gasteiger partial charge in [-0.2, -0.15) is 0 Å². The molecule has 1 aliphatic carbocycles. The number of hydrogen-bond donors (Lipinski definition) is 0. The second kappa shape index (κ2) is 15.8. The molecule has 0 N–H and O–H groups in total. The fourth-order valence-electron chi connectivity index (χ4n) is 6.11. The number of ether oxygens (including phenoxy) is 2. The molecule has 10 heteroatoms. The summed E-state index contributed by atoms with van der Waals surface area (Å²) in [6, 6.07) is 29.7. The molecule has 7 rings (SSSR count). The highest BCUT2D eigenvalue weighted by atomic mass is 79.9. The number of rotatable bonds is 10. The third kappa shape index (κ3) is 7.82. The first kappa shape index (κ1) is 36.5. The molecule has 8 nitrogen and oxygen atoms in total. The first-order valence-electron chi connectivity index (χ1n) is 15.8. The van der Waals surface area contributed by atoms with Gasteiger partial charge in [0.2, 0.25) is 11.8 Å². The highest BCUT2D eigenvalue weighted by Crippen LogP contribution is 2.53. The zero-order chi connectivity index (χ0) is 36.0. The molecule has 1 saturated carbocycles. The van der Waals surface area contributed by atoms with E-state index in [9.17, 15) is 19.2 Å². The Balaban J connectivity index is 0.000000194. The molecule has 0 unspecified atom stereocenters. The summed E-state index contributed by atoms with van der Waals surface area (Å²) < 4.78 is 12.2. The van der Waals surface area contributed by atoms with Gasteiger partial charge in [0.1, 0.15) is 11.5 Å². The predicted molar refractivity (Wildman–Crippen MR) is 199 cm³/mol. The van der Waals surface area contributed by atoms with Crippen LogP contribution in [-0.4, -0.2) is 47.6 Å². The molecule has 4 amide bonds. The average Bonchev–Trinajstić information content (AvgIpc) is 3.12. The van der Waals surface area contributed by atoms with Crippen molar-refractivity contribution in [3.8, 4) is 11.5 Å². The number of carbonyl (C=O) groups is 4. The van der Waals surface area contributed by atoms with E-state index in [-0.39, 0.29) is 29.9 Å². The second-order valence-corrected chi connectivity index (χ2v) is 13.9. The first-order valence-corrected chi connectivity index (χ1v) is 17.4. The van der Waals surface area contributed by atoms with E-state index in [0.717, 1.165) is 42.4 Å². The van der Waals surface area contributed by atoms with E-state index in [2.05, 4.69) is 45.0 Å². The van der Waals surface area contributed by atoms with Crippen molar-refractivity contribution in [3.63, 3.8) is 0 Å². The van der Waals surface area contributed by atoms with Crippen molar-refractivity contribution < 1.29 is 28.7 Å². The molecule has 3 fully saturated rings. The van der Waals surface area contributed by atoms with Crippen LogP contribution in [0.4, 0.5) is 0 Å². The molecule has 0 spiro atoms. The summed E-state index contributed by atoms with van der Waals surface area (Å²) in [5.41, 5.74) is 3.10. The Kier molecular flexibility index (Phi) is 11.5. The molecule has 256 valence electrons. The standard InChI is InChI=1S/2C20H18BrNO3/c1-25-17-8-2-13(3-9-17)12-22-18(23)14-10-20(11-14,19(22)24)15-4-6-16(21)7-5-15;1-4-19(23)22(13-15-5-11-18(25-3)12-6-15)20(24)14(2)16-7-9-17(21)10-8-16/h2-9,14H,10-12H2,1H3;4-12H,1-2,13H2,3H3. The van der Waals surface area contributed by atoms with Crippen LogP contribution in [-0.2, 0) is 37.7 Å². The van der Waals surface area contributed by atoms with Gasteiger partial charge in [-0.3, -0.25) is 29.0 Å². The molecule has 4 aromatic rings. The fourth-order valence-corrected chi connectivity index (χ4v) is 6.64. The van der Waals surface area contributed by atoms with Crippen molar-refractivity contribution >= 4 is 61.1 Å². The number of nitrogens with zero attached hydrogens (tertiary/aromatic N) is 2. The van der Waals surface area contributed by atoms with E-state index in [4.69, 9.17) is 9.47 Å². The molecule has 2 bridgehead atoms. The van der Waals surface area contributed by atoms with E-state index in [1.807, 2.05) is 60.7 Å². The minimum Gasteiger partial charge on any atom is -0.497 e. The molecule has 50 heavy (non-hydrogen) atoms. The number of methoxy groups -OCH3 is 2. The van der Waals surface area contributed by atoms with Gasteiger partial charge in [0, 0.05) is 20.4 Å². The predicted octanol–water partition coefficient (Wildman–Crippen LogP) is 7.89. The molecule has 4 aromatic carbocycles. The van der Waals surface area contributed by atoms with Gasteiger partial charge in [-0.05, 0) is 89.7 Å². The van der Waals surface area contributed by atoms with Crippen LogP contribution in [0.15, 0.2) is 125 Å². The third-order valence-electron chi connectivity index (χ3n) is 8.99. The van der Waals surface area contributed by atoms with Crippen LogP contribution in [0.3, 0.4) is 0 Å². The number of imide groups is 2. The normalized spacial score (nSPS) is 17.4.